The number of likely N-dealkylation sites (tertiary alicyclic amines) is 1. The number of rotatable bonds is 3. The number of aromatic nitrogens is 2. The summed E-state index contributed by atoms with van der Waals surface area (Å²) in [7, 11) is 1.83. The molecule has 0 unspecified atom stereocenters. The standard InChI is InChI=1S/C16H24N4O2/c1-13-4-10-22-16(11-13)5-8-20(9-6-16)12-15(21)17-14-3-7-19(2)18-14/h3,7,11H,4-6,8-10,12H2,1-2H3,(H,17,18,21). The first-order valence-electron chi connectivity index (χ1n) is 7.89. The van der Waals surface area contributed by atoms with Gasteiger partial charge in [-0.25, -0.2) is 0 Å². The molecular formula is C16H24N4O2. The molecule has 0 saturated carbocycles. The number of piperidine rings is 1. The van der Waals surface area contributed by atoms with E-state index in [9.17, 15) is 4.79 Å². The maximum atomic E-state index is 12.1. The fourth-order valence-electron chi connectivity index (χ4n) is 3.22. The fraction of sp³-hybridized carbons (Fsp3) is 0.625. The molecule has 120 valence electrons. The Morgan fingerprint density at radius 1 is 1.45 bits per heavy atom. The summed E-state index contributed by atoms with van der Waals surface area (Å²) >= 11 is 0. The van der Waals surface area contributed by atoms with E-state index in [0.29, 0.717) is 12.4 Å². The Hall–Kier alpha value is -1.66. The van der Waals surface area contributed by atoms with Gasteiger partial charge in [0.15, 0.2) is 5.82 Å². The van der Waals surface area contributed by atoms with E-state index in [1.165, 1.54) is 5.57 Å². The van der Waals surface area contributed by atoms with E-state index >= 15 is 0 Å². The zero-order valence-electron chi connectivity index (χ0n) is 13.3. The van der Waals surface area contributed by atoms with Crippen molar-refractivity contribution in [3.05, 3.63) is 23.9 Å². The number of carbonyl (C=O) groups is 1. The molecule has 1 amide bonds. The highest BCUT2D eigenvalue weighted by molar-refractivity contribution is 5.91. The first-order valence-corrected chi connectivity index (χ1v) is 7.89. The molecule has 6 nitrogen and oxygen atoms in total. The quantitative estimate of drug-likeness (QED) is 0.861. The van der Waals surface area contributed by atoms with Crippen LogP contribution >= 0.6 is 0 Å². The molecule has 3 heterocycles. The minimum atomic E-state index is -0.0870. The molecule has 2 aliphatic rings. The summed E-state index contributed by atoms with van der Waals surface area (Å²) < 4.78 is 7.69. The van der Waals surface area contributed by atoms with Gasteiger partial charge in [-0.2, -0.15) is 5.10 Å². The predicted molar refractivity (Wildman–Crippen MR) is 84.6 cm³/mol. The Balaban J connectivity index is 1.49. The van der Waals surface area contributed by atoms with Crippen LogP contribution in [0, 0.1) is 0 Å². The van der Waals surface area contributed by atoms with Gasteiger partial charge in [-0.05, 0) is 26.2 Å². The molecule has 0 bridgehead atoms. The van der Waals surface area contributed by atoms with E-state index in [1.54, 1.807) is 10.7 Å². The third-order valence-corrected chi connectivity index (χ3v) is 4.45. The van der Waals surface area contributed by atoms with Crippen LogP contribution in [0.5, 0.6) is 0 Å². The second-order valence-corrected chi connectivity index (χ2v) is 6.35. The van der Waals surface area contributed by atoms with Gasteiger partial charge in [-0.1, -0.05) is 11.6 Å². The van der Waals surface area contributed by atoms with Gasteiger partial charge in [0.25, 0.3) is 0 Å². The Morgan fingerprint density at radius 3 is 2.86 bits per heavy atom. The summed E-state index contributed by atoms with van der Waals surface area (Å²) in [6.45, 7) is 5.19. The molecule has 0 atom stereocenters. The Morgan fingerprint density at radius 2 is 2.23 bits per heavy atom. The smallest absolute Gasteiger partial charge is 0.239 e. The molecule has 1 fully saturated rings. The number of hydrogen-bond donors (Lipinski definition) is 1. The molecular weight excluding hydrogens is 280 g/mol. The minimum Gasteiger partial charge on any atom is -0.370 e. The topological polar surface area (TPSA) is 59.4 Å². The van der Waals surface area contributed by atoms with E-state index < -0.39 is 0 Å². The number of hydrogen-bond acceptors (Lipinski definition) is 4. The number of carbonyl (C=O) groups excluding carboxylic acids is 1. The van der Waals surface area contributed by atoms with Gasteiger partial charge in [-0.15, -0.1) is 0 Å². The molecule has 1 aromatic heterocycles. The van der Waals surface area contributed by atoms with Crippen LogP contribution in [-0.2, 0) is 16.6 Å². The van der Waals surface area contributed by atoms with Crippen LogP contribution < -0.4 is 5.32 Å². The van der Waals surface area contributed by atoms with E-state index in [4.69, 9.17) is 4.74 Å². The van der Waals surface area contributed by atoms with Gasteiger partial charge in [-0.3, -0.25) is 14.4 Å². The lowest BCUT2D eigenvalue weighted by Crippen LogP contribution is -2.48. The molecule has 1 N–H and O–H groups in total. The van der Waals surface area contributed by atoms with E-state index in [2.05, 4.69) is 28.3 Å². The zero-order valence-corrected chi connectivity index (χ0v) is 13.3. The number of anilines is 1. The van der Waals surface area contributed by atoms with E-state index in [0.717, 1.165) is 39.0 Å². The predicted octanol–water partition coefficient (Wildman–Crippen LogP) is 1.56. The highest BCUT2D eigenvalue weighted by Gasteiger charge is 2.35. The highest BCUT2D eigenvalue weighted by atomic mass is 16.5. The lowest BCUT2D eigenvalue weighted by atomic mass is 9.87. The number of aryl methyl sites for hydroxylation is 1. The summed E-state index contributed by atoms with van der Waals surface area (Å²) in [4.78, 5) is 14.2. The largest absolute Gasteiger partial charge is 0.370 e. The summed E-state index contributed by atoms with van der Waals surface area (Å²) in [5.41, 5.74) is 1.34. The van der Waals surface area contributed by atoms with Crippen LogP contribution in [0.2, 0.25) is 0 Å². The van der Waals surface area contributed by atoms with Crippen LogP contribution in [0.4, 0.5) is 5.82 Å². The SMILES string of the molecule is CC1=CC2(CCN(CC(=O)Nc3ccn(C)n3)CC2)OCC1. The number of amides is 1. The number of nitrogens with zero attached hydrogens (tertiary/aromatic N) is 3. The molecule has 0 aromatic carbocycles. The summed E-state index contributed by atoms with van der Waals surface area (Å²) in [5.74, 6) is 0.598. The van der Waals surface area contributed by atoms with Crippen molar-refractivity contribution in [2.24, 2.45) is 7.05 Å². The van der Waals surface area contributed by atoms with Gasteiger partial charge >= 0.3 is 0 Å². The molecule has 2 aliphatic heterocycles. The molecule has 1 saturated heterocycles. The molecule has 0 aliphatic carbocycles. The summed E-state index contributed by atoms with van der Waals surface area (Å²) in [5, 5.41) is 6.99. The third kappa shape index (κ3) is 3.56. The number of ether oxygens (including phenoxy) is 1. The Bertz CT molecular complexity index is 570. The molecule has 3 rings (SSSR count). The molecule has 1 spiro atoms. The van der Waals surface area contributed by atoms with Crippen molar-refractivity contribution in [2.75, 3.05) is 31.6 Å². The lowest BCUT2D eigenvalue weighted by Gasteiger charge is -2.41. The van der Waals surface area contributed by atoms with E-state index in [-0.39, 0.29) is 11.5 Å². The second-order valence-electron chi connectivity index (χ2n) is 6.35. The average molecular weight is 304 g/mol. The Kier molecular flexibility index (Phi) is 4.31. The van der Waals surface area contributed by atoms with Gasteiger partial charge in [0.2, 0.25) is 5.91 Å². The van der Waals surface area contributed by atoms with Crippen molar-refractivity contribution in [3.8, 4) is 0 Å². The van der Waals surface area contributed by atoms with Crippen LogP contribution in [0.15, 0.2) is 23.9 Å². The zero-order chi connectivity index (χ0) is 15.6. The summed E-state index contributed by atoms with van der Waals surface area (Å²) in [6.07, 6.45) is 7.07. The first kappa shape index (κ1) is 15.2. The number of nitrogens with one attached hydrogen (secondary N) is 1. The second kappa shape index (κ2) is 6.22. The van der Waals surface area contributed by atoms with Gasteiger partial charge < -0.3 is 10.1 Å². The highest BCUT2D eigenvalue weighted by Crippen LogP contribution is 2.32. The molecule has 0 radical (unpaired) electrons. The van der Waals surface area contributed by atoms with Crippen molar-refractivity contribution >= 4 is 11.7 Å². The van der Waals surface area contributed by atoms with Gasteiger partial charge in [0.1, 0.15) is 0 Å². The third-order valence-electron chi connectivity index (χ3n) is 4.45. The van der Waals surface area contributed by atoms with E-state index in [1.807, 2.05) is 13.2 Å². The molecule has 1 aromatic rings. The van der Waals surface area contributed by atoms with Crippen molar-refractivity contribution in [1.82, 2.24) is 14.7 Å². The molecule has 6 heteroatoms. The van der Waals surface area contributed by atoms with Crippen LogP contribution in [0.25, 0.3) is 0 Å². The lowest BCUT2D eigenvalue weighted by molar-refractivity contribution is -0.119. The van der Waals surface area contributed by atoms with Crippen molar-refractivity contribution in [3.63, 3.8) is 0 Å². The van der Waals surface area contributed by atoms with Gasteiger partial charge in [0.05, 0.1) is 18.8 Å². The Labute approximate surface area is 131 Å². The first-order chi connectivity index (χ1) is 10.5. The normalized spacial score (nSPS) is 21.6. The van der Waals surface area contributed by atoms with Gasteiger partial charge in [0, 0.05) is 32.4 Å². The van der Waals surface area contributed by atoms with Crippen LogP contribution in [0.1, 0.15) is 26.2 Å². The maximum absolute atomic E-state index is 12.1. The summed E-state index contributed by atoms with van der Waals surface area (Å²) in [6, 6.07) is 1.80. The fourth-order valence-corrected chi connectivity index (χ4v) is 3.22. The van der Waals surface area contributed by atoms with Crippen LogP contribution in [0.3, 0.4) is 0 Å². The minimum absolute atomic E-state index is 0.00839. The average Bonchev–Trinajstić information content (AvgIpc) is 2.87. The molecule has 22 heavy (non-hydrogen) atoms. The van der Waals surface area contributed by atoms with Crippen LogP contribution in [-0.4, -0.2) is 52.4 Å². The maximum Gasteiger partial charge on any atom is 0.239 e. The van der Waals surface area contributed by atoms with Crippen molar-refractivity contribution < 1.29 is 9.53 Å². The van der Waals surface area contributed by atoms with Crippen molar-refractivity contribution in [2.45, 2.75) is 31.8 Å². The van der Waals surface area contributed by atoms with Crippen molar-refractivity contribution in [1.29, 1.82) is 0 Å². The monoisotopic (exact) mass is 304 g/mol.